The minimum absolute atomic E-state index is 0.0378. The summed E-state index contributed by atoms with van der Waals surface area (Å²) in [7, 11) is 0. The number of ketones is 1. The van der Waals surface area contributed by atoms with Gasteiger partial charge in [-0.1, -0.05) is 0 Å². The number of aliphatic hydroxyl groups excluding tert-OH is 1. The van der Waals surface area contributed by atoms with Gasteiger partial charge in [-0.25, -0.2) is 0 Å². The molecule has 0 saturated heterocycles. The summed E-state index contributed by atoms with van der Waals surface area (Å²) in [5.74, 6) is 0.0378. The lowest BCUT2D eigenvalue weighted by Crippen LogP contribution is -2.45. The Morgan fingerprint density at radius 2 is 2.54 bits per heavy atom. The van der Waals surface area contributed by atoms with Crippen LogP contribution in [0.15, 0.2) is 11.8 Å². The highest BCUT2D eigenvalue weighted by Crippen LogP contribution is 2.03. The van der Waals surface area contributed by atoms with Gasteiger partial charge in [-0.05, 0) is 19.9 Å². The first-order chi connectivity index (χ1) is 6.09. The van der Waals surface area contributed by atoms with Crippen molar-refractivity contribution in [1.82, 2.24) is 10.6 Å². The zero-order valence-corrected chi connectivity index (χ0v) is 8.00. The van der Waals surface area contributed by atoms with Crippen LogP contribution in [-0.4, -0.2) is 29.7 Å². The first kappa shape index (κ1) is 10.2. The number of hydrogen-bond acceptors (Lipinski definition) is 4. The van der Waals surface area contributed by atoms with E-state index in [2.05, 4.69) is 10.6 Å². The molecule has 2 unspecified atom stereocenters. The van der Waals surface area contributed by atoms with Crippen LogP contribution in [0.4, 0.5) is 0 Å². The molecule has 4 heteroatoms. The topological polar surface area (TPSA) is 61.4 Å². The van der Waals surface area contributed by atoms with E-state index < -0.39 is 6.10 Å². The molecule has 0 radical (unpaired) electrons. The second kappa shape index (κ2) is 4.39. The summed E-state index contributed by atoms with van der Waals surface area (Å²) in [6.07, 6.45) is 1.49. The maximum atomic E-state index is 11.5. The van der Waals surface area contributed by atoms with Crippen molar-refractivity contribution in [2.45, 2.75) is 32.4 Å². The van der Waals surface area contributed by atoms with Crippen LogP contribution >= 0.6 is 0 Å². The van der Waals surface area contributed by atoms with Gasteiger partial charge in [-0.2, -0.15) is 0 Å². The summed E-state index contributed by atoms with van der Waals surface area (Å²) in [5, 5.41) is 15.1. The van der Waals surface area contributed by atoms with E-state index in [9.17, 15) is 4.79 Å². The van der Waals surface area contributed by atoms with Crippen molar-refractivity contribution < 1.29 is 9.90 Å². The van der Waals surface area contributed by atoms with Crippen molar-refractivity contribution in [3.8, 4) is 0 Å². The van der Waals surface area contributed by atoms with Gasteiger partial charge in [0.15, 0.2) is 5.78 Å². The van der Waals surface area contributed by atoms with Crippen LogP contribution in [0.5, 0.6) is 0 Å². The first-order valence-electron chi connectivity index (χ1n) is 4.46. The third-order valence-electron chi connectivity index (χ3n) is 1.95. The van der Waals surface area contributed by atoms with Crippen molar-refractivity contribution in [3.63, 3.8) is 0 Å². The van der Waals surface area contributed by atoms with E-state index in [0.717, 1.165) is 5.70 Å². The number of carbonyl (C=O) groups excluding carboxylic acids is 1. The molecule has 4 nitrogen and oxygen atoms in total. The zero-order chi connectivity index (χ0) is 9.84. The Hall–Kier alpha value is -0.870. The molecule has 13 heavy (non-hydrogen) atoms. The highest BCUT2D eigenvalue weighted by atomic mass is 16.3. The number of allylic oxidation sites excluding steroid dienone is 1. The lowest BCUT2D eigenvalue weighted by Gasteiger charge is -2.22. The lowest BCUT2D eigenvalue weighted by atomic mass is 10.1. The third-order valence-corrected chi connectivity index (χ3v) is 1.95. The molecule has 0 aliphatic carbocycles. The van der Waals surface area contributed by atoms with Crippen molar-refractivity contribution in [2.75, 3.05) is 6.67 Å². The first-order valence-corrected chi connectivity index (χ1v) is 4.46. The number of carbonyl (C=O) groups is 1. The summed E-state index contributed by atoms with van der Waals surface area (Å²) in [5.41, 5.74) is 1.00. The van der Waals surface area contributed by atoms with E-state index in [-0.39, 0.29) is 18.2 Å². The zero-order valence-electron chi connectivity index (χ0n) is 8.00. The number of Topliss-reactive ketones (excluding diaryl/α,β-unsaturated/α-hetero) is 1. The van der Waals surface area contributed by atoms with Crippen LogP contribution in [-0.2, 0) is 4.79 Å². The summed E-state index contributed by atoms with van der Waals surface area (Å²) in [6, 6.07) is -0.240. The molecule has 2 atom stereocenters. The standard InChI is InChI=1S/C9H16N2O2/c1-6-3-8(11-5-10-6)9(13)4-7(2)12/h3,7-8,10-12H,4-5H2,1-2H3. The largest absolute Gasteiger partial charge is 0.393 e. The third kappa shape index (κ3) is 3.16. The van der Waals surface area contributed by atoms with Crippen molar-refractivity contribution in [3.05, 3.63) is 11.8 Å². The smallest absolute Gasteiger partial charge is 0.156 e. The molecular formula is C9H16N2O2. The van der Waals surface area contributed by atoms with E-state index in [0.29, 0.717) is 6.67 Å². The predicted molar refractivity (Wildman–Crippen MR) is 50.0 cm³/mol. The fraction of sp³-hybridized carbons (Fsp3) is 0.667. The fourth-order valence-electron chi connectivity index (χ4n) is 1.29. The number of aliphatic hydroxyl groups is 1. The van der Waals surface area contributed by atoms with Crippen LogP contribution < -0.4 is 10.6 Å². The summed E-state index contributed by atoms with van der Waals surface area (Å²) in [6.45, 7) is 4.15. The van der Waals surface area contributed by atoms with E-state index >= 15 is 0 Å². The molecule has 0 fully saturated rings. The summed E-state index contributed by atoms with van der Waals surface area (Å²) >= 11 is 0. The number of hydrogen-bond donors (Lipinski definition) is 3. The molecule has 0 amide bonds. The van der Waals surface area contributed by atoms with E-state index in [1.165, 1.54) is 0 Å². The SMILES string of the molecule is CC1=CC(C(=O)CC(C)O)NCN1. The average molecular weight is 184 g/mol. The highest BCUT2D eigenvalue weighted by Gasteiger charge is 2.19. The van der Waals surface area contributed by atoms with Gasteiger partial charge in [-0.15, -0.1) is 0 Å². The van der Waals surface area contributed by atoms with E-state index in [4.69, 9.17) is 5.11 Å². The van der Waals surface area contributed by atoms with Gasteiger partial charge < -0.3 is 10.4 Å². The predicted octanol–water partition coefficient (Wildman–Crippen LogP) is -0.251. The molecule has 3 N–H and O–H groups in total. The molecule has 1 aliphatic heterocycles. The summed E-state index contributed by atoms with van der Waals surface area (Å²) in [4.78, 5) is 11.5. The number of nitrogens with one attached hydrogen (secondary N) is 2. The van der Waals surface area contributed by atoms with Gasteiger partial charge in [0.2, 0.25) is 0 Å². The Bertz CT molecular complexity index is 224. The highest BCUT2D eigenvalue weighted by molar-refractivity contribution is 5.86. The van der Waals surface area contributed by atoms with E-state index in [1.807, 2.05) is 13.0 Å². The van der Waals surface area contributed by atoms with Gasteiger partial charge in [0.05, 0.1) is 18.8 Å². The monoisotopic (exact) mass is 184 g/mol. The van der Waals surface area contributed by atoms with Crippen LogP contribution in [0.1, 0.15) is 20.3 Å². The van der Waals surface area contributed by atoms with Gasteiger partial charge in [0, 0.05) is 12.1 Å². The Balaban J connectivity index is 2.51. The Morgan fingerprint density at radius 1 is 1.85 bits per heavy atom. The van der Waals surface area contributed by atoms with Crippen LogP contribution in [0, 0.1) is 0 Å². The van der Waals surface area contributed by atoms with Gasteiger partial charge >= 0.3 is 0 Å². The van der Waals surface area contributed by atoms with Crippen LogP contribution in [0.3, 0.4) is 0 Å². The maximum absolute atomic E-state index is 11.5. The lowest BCUT2D eigenvalue weighted by molar-refractivity contribution is -0.121. The van der Waals surface area contributed by atoms with Gasteiger partial charge in [0.1, 0.15) is 0 Å². The molecule has 0 aromatic rings. The maximum Gasteiger partial charge on any atom is 0.156 e. The normalized spacial score (nSPS) is 24.5. The second-order valence-electron chi connectivity index (χ2n) is 3.40. The molecule has 1 rings (SSSR count). The molecule has 0 spiro atoms. The Kier molecular flexibility index (Phi) is 3.45. The average Bonchev–Trinajstić information content (AvgIpc) is 2.03. The quantitative estimate of drug-likeness (QED) is 0.566. The van der Waals surface area contributed by atoms with Gasteiger partial charge in [-0.3, -0.25) is 10.1 Å². The number of rotatable bonds is 3. The van der Waals surface area contributed by atoms with E-state index in [1.54, 1.807) is 6.92 Å². The molecule has 1 heterocycles. The van der Waals surface area contributed by atoms with Crippen molar-refractivity contribution in [2.24, 2.45) is 0 Å². The second-order valence-corrected chi connectivity index (χ2v) is 3.40. The molecular weight excluding hydrogens is 168 g/mol. The molecule has 1 aliphatic rings. The van der Waals surface area contributed by atoms with Crippen molar-refractivity contribution >= 4 is 5.78 Å². The minimum atomic E-state index is -0.558. The fourth-order valence-corrected chi connectivity index (χ4v) is 1.29. The molecule has 0 aromatic heterocycles. The minimum Gasteiger partial charge on any atom is -0.393 e. The summed E-state index contributed by atoms with van der Waals surface area (Å²) < 4.78 is 0. The molecule has 0 saturated carbocycles. The Morgan fingerprint density at radius 3 is 3.08 bits per heavy atom. The molecule has 0 aromatic carbocycles. The molecule has 0 bridgehead atoms. The molecule has 74 valence electrons. The van der Waals surface area contributed by atoms with Crippen molar-refractivity contribution in [1.29, 1.82) is 0 Å². The van der Waals surface area contributed by atoms with Crippen LogP contribution in [0.2, 0.25) is 0 Å². The Labute approximate surface area is 78.0 Å². The van der Waals surface area contributed by atoms with Gasteiger partial charge in [0.25, 0.3) is 0 Å². The van der Waals surface area contributed by atoms with Crippen LogP contribution in [0.25, 0.3) is 0 Å².